The van der Waals surface area contributed by atoms with Crippen molar-refractivity contribution in [2.45, 2.75) is 6.54 Å². The van der Waals surface area contributed by atoms with Gasteiger partial charge in [0, 0.05) is 25.4 Å². The largest absolute Gasteiger partial charge is 0.334 e. The van der Waals surface area contributed by atoms with E-state index in [-0.39, 0.29) is 5.88 Å². The van der Waals surface area contributed by atoms with Crippen LogP contribution < -0.4 is 10.6 Å². The number of hydrogen-bond acceptors (Lipinski definition) is 3. The van der Waals surface area contributed by atoms with E-state index in [2.05, 4.69) is 15.7 Å². The third kappa shape index (κ3) is 3.99. The molecule has 0 aliphatic rings. The number of hydrogen-bond donors (Lipinski definition) is 2. The van der Waals surface area contributed by atoms with E-state index in [1.807, 2.05) is 0 Å². The SMILES string of the molecule is Cn1cc(CNC(=O)NC(=O)CCl)cn1. The first-order chi connectivity index (χ1) is 7.11. The lowest BCUT2D eigenvalue weighted by Crippen LogP contribution is -2.39. The van der Waals surface area contributed by atoms with Crippen LogP contribution in [-0.4, -0.2) is 27.6 Å². The van der Waals surface area contributed by atoms with Crippen molar-refractivity contribution >= 4 is 23.5 Å². The minimum Gasteiger partial charge on any atom is -0.334 e. The Balaban J connectivity index is 2.31. The molecule has 1 heterocycles. The van der Waals surface area contributed by atoms with Crippen molar-refractivity contribution in [2.75, 3.05) is 5.88 Å². The number of urea groups is 1. The van der Waals surface area contributed by atoms with Crippen LogP contribution in [0.3, 0.4) is 0 Å². The molecule has 7 heteroatoms. The number of nitrogens with zero attached hydrogens (tertiary/aromatic N) is 2. The van der Waals surface area contributed by atoms with Gasteiger partial charge in [0.2, 0.25) is 5.91 Å². The molecule has 0 saturated carbocycles. The Kier molecular flexibility index (Phi) is 4.11. The van der Waals surface area contributed by atoms with E-state index in [9.17, 15) is 9.59 Å². The van der Waals surface area contributed by atoms with Crippen molar-refractivity contribution in [3.05, 3.63) is 18.0 Å². The minimum absolute atomic E-state index is 0.236. The molecular weight excluding hydrogens is 220 g/mol. The number of carbonyl (C=O) groups is 2. The summed E-state index contributed by atoms with van der Waals surface area (Å²) in [5.41, 5.74) is 0.853. The van der Waals surface area contributed by atoms with Crippen LogP contribution in [0, 0.1) is 0 Å². The Morgan fingerprint density at radius 1 is 1.60 bits per heavy atom. The lowest BCUT2D eigenvalue weighted by atomic mass is 10.4. The molecule has 3 amide bonds. The molecule has 2 N–H and O–H groups in total. The number of rotatable bonds is 3. The summed E-state index contributed by atoms with van der Waals surface area (Å²) in [5, 5.41) is 8.48. The highest BCUT2D eigenvalue weighted by Gasteiger charge is 2.05. The zero-order valence-corrected chi connectivity index (χ0v) is 8.91. The third-order valence-corrected chi connectivity index (χ3v) is 1.83. The second-order valence-corrected chi connectivity index (χ2v) is 3.15. The van der Waals surface area contributed by atoms with Crippen molar-refractivity contribution in [2.24, 2.45) is 7.05 Å². The van der Waals surface area contributed by atoms with Crippen LogP contribution in [0.1, 0.15) is 5.56 Å². The molecule has 0 aliphatic carbocycles. The summed E-state index contributed by atoms with van der Waals surface area (Å²) < 4.78 is 1.62. The average molecular weight is 231 g/mol. The fourth-order valence-electron chi connectivity index (χ4n) is 0.950. The molecule has 0 unspecified atom stereocenters. The number of imide groups is 1. The second-order valence-electron chi connectivity index (χ2n) is 2.89. The highest BCUT2D eigenvalue weighted by Crippen LogP contribution is 1.94. The molecule has 1 aromatic rings. The summed E-state index contributed by atoms with van der Waals surface area (Å²) in [6, 6.07) is -0.565. The summed E-state index contributed by atoms with van der Waals surface area (Å²) in [6.07, 6.45) is 3.40. The van der Waals surface area contributed by atoms with E-state index in [1.54, 1.807) is 24.1 Å². The average Bonchev–Trinajstić information content (AvgIpc) is 2.61. The standard InChI is InChI=1S/C8H11ClN4O2/c1-13-5-6(4-11-13)3-10-8(15)12-7(14)2-9/h4-5H,2-3H2,1H3,(H2,10,12,14,15). The first-order valence-electron chi connectivity index (χ1n) is 4.23. The molecule has 0 fully saturated rings. The first-order valence-corrected chi connectivity index (χ1v) is 4.76. The van der Waals surface area contributed by atoms with E-state index < -0.39 is 11.9 Å². The van der Waals surface area contributed by atoms with Crippen LogP contribution in [0.15, 0.2) is 12.4 Å². The summed E-state index contributed by atoms with van der Waals surface area (Å²) in [7, 11) is 1.78. The predicted molar refractivity (Wildman–Crippen MR) is 54.3 cm³/mol. The van der Waals surface area contributed by atoms with Gasteiger partial charge in [0.25, 0.3) is 0 Å². The summed E-state index contributed by atoms with van der Waals surface area (Å²) >= 11 is 5.21. The van der Waals surface area contributed by atoms with Crippen LogP contribution in [0.5, 0.6) is 0 Å². The monoisotopic (exact) mass is 230 g/mol. The quantitative estimate of drug-likeness (QED) is 0.717. The number of nitrogens with one attached hydrogen (secondary N) is 2. The fraction of sp³-hybridized carbons (Fsp3) is 0.375. The topological polar surface area (TPSA) is 76.0 Å². The molecule has 0 aliphatic heterocycles. The van der Waals surface area contributed by atoms with Crippen LogP contribution >= 0.6 is 11.6 Å². The van der Waals surface area contributed by atoms with Gasteiger partial charge in [0.1, 0.15) is 5.88 Å². The van der Waals surface area contributed by atoms with Gasteiger partial charge in [-0.05, 0) is 0 Å². The molecule has 15 heavy (non-hydrogen) atoms. The van der Waals surface area contributed by atoms with Gasteiger partial charge >= 0.3 is 6.03 Å². The second kappa shape index (κ2) is 5.35. The molecule has 0 spiro atoms. The molecule has 0 saturated heterocycles. The lowest BCUT2D eigenvalue weighted by Gasteiger charge is -2.03. The number of carbonyl (C=O) groups excluding carboxylic acids is 2. The number of alkyl halides is 1. The molecule has 0 atom stereocenters. The smallest absolute Gasteiger partial charge is 0.321 e. The van der Waals surface area contributed by atoms with Crippen molar-refractivity contribution in [1.82, 2.24) is 20.4 Å². The highest BCUT2D eigenvalue weighted by molar-refractivity contribution is 6.28. The van der Waals surface area contributed by atoms with Crippen molar-refractivity contribution < 1.29 is 9.59 Å². The summed E-state index contributed by atoms with van der Waals surface area (Å²) in [4.78, 5) is 21.8. The first kappa shape index (κ1) is 11.5. The molecular formula is C8H11ClN4O2. The van der Waals surface area contributed by atoms with Gasteiger partial charge in [-0.15, -0.1) is 11.6 Å². The molecule has 1 rings (SSSR count). The van der Waals surface area contributed by atoms with Crippen LogP contribution in [0.25, 0.3) is 0 Å². The Morgan fingerprint density at radius 3 is 2.87 bits per heavy atom. The van der Waals surface area contributed by atoms with E-state index in [0.29, 0.717) is 6.54 Å². The minimum atomic E-state index is -0.565. The van der Waals surface area contributed by atoms with Crippen LogP contribution in [0.4, 0.5) is 4.79 Å². The molecule has 6 nitrogen and oxygen atoms in total. The Labute approximate surface area is 91.6 Å². The maximum absolute atomic E-state index is 11.1. The summed E-state index contributed by atoms with van der Waals surface area (Å²) in [5.74, 6) is -0.763. The number of aromatic nitrogens is 2. The molecule has 82 valence electrons. The number of amides is 3. The van der Waals surface area contributed by atoms with Gasteiger partial charge in [-0.2, -0.15) is 5.10 Å². The van der Waals surface area contributed by atoms with Gasteiger partial charge in [0.15, 0.2) is 0 Å². The van der Waals surface area contributed by atoms with E-state index in [4.69, 9.17) is 11.6 Å². The highest BCUT2D eigenvalue weighted by atomic mass is 35.5. The van der Waals surface area contributed by atoms with Crippen molar-refractivity contribution in [1.29, 1.82) is 0 Å². The summed E-state index contributed by atoms with van der Waals surface area (Å²) in [6.45, 7) is 0.315. The lowest BCUT2D eigenvalue weighted by molar-refractivity contribution is -0.117. The third-order valence-electron chi connectivity index (χ3n) is 1.59. The van der Waals surface area contributed by atoms with Crippen LogP contribution in [-0.2, 0) is 18.4 Å². The van der Waals surface area contributed by atoms with E-state index in [0.717, 1.165) is 5.56 Å². The Hall–Kier alpha value is -1.56. The fourth-order valence-corrected chi connectivity index (χ4v) is 1.02. The van der Waals surface area contributed by atoms with E-state index >= 15 is 0 Å². The van der Waals surface area contributed by atoms with Crippen molar-refractivity contribution in [3.63, 3.8) is 0 Å². The van der Waals surface area contributed by atoms with Crippen LogP contribution in [0.2, 0.25) is 0 Å². The number of halogens is 1. The van der Waals surface area contributed by atoms with Gasteiger partial charge in [0.05, 0.1) is 6.20 Å². The van der Waals surface area contributed by atoms with Gasteiger partial charge in [-0.25, -0.2) is 4.79 Å². The molecule has 1 aromatic heterocycles. The number of aryl methyl sites for hydroxylation is 1. The zero-order chi connectivity index (χ0) is 11.3. The zero-order valence-electron chi connectivity index (χ0n) is 8.16. The maximum atomic E-state index is 11.1. The van der Waals surface area contributed by atoms with Gasteiger partial charge < -0.3 is 5.32 Å². The molecule has 0 aromatic carbocycles. The predicted octanol–water partition coefficient (Wildman–Crippen LogP) is -0.0153. The van der Waals surface area contributed by atoms with Gasteiger partial charge in [-0.3, -0.25) is 14.8 Å². The molecule has 0 bridgehead atoms. The van der Waals surface area contributed by atoms with Gasteiger partial charge in [-0.1, -0.05) is 0 Å². The van der Waals surface area contributed by atoms with Crippen molar-refractivity contribution in [3.8, 4) is 0 Å². The Bertz CT molecular complexity index is 363. The normalized spacial score (nSPS) is 9.73. The Morgan fingerprint density at radius 2 is 2.33 bits per heavy atom. The van der Waals surface area contributed by atoms with E-state index in [1.165, 1.54) is 0 Å². The maximum Gasteiger partial charge on any atom is 0.321 e. The molecule has 0 radical (unpaired) electrons.